The van der Waals surface area contributed by atoms with Gasteiger partial charge in [0.05, 0.1) is 0 Å². The molecule has 2 nitrogen and oxygen atoms in total. The maximum atomic E-state index is 4.29. The van der Waals surface area contributed by atoms with Crippen LogP contribution in [0.1, 0.15) is 5.56 Å². The lowest BCUT2D eigenvalue weighted by Crippen LogP contribution is -2.43. The molecule has 2 rings (SSSR count). The Balaban J connectivity index is 2.13. The zero-order chi connectivity index (χ0) is 9.80. The van der Waals surface area contributed by atoms with Gasteiger partial charge in [0.25, 0.3) is 0 Å². The molecule has 1 N–H and O–H groups in total. The van der Waals surface area contributed by atoms with Gasteiger partial charge in [-0.05, 0) is 17.7 Å². The van der Waals surface area contributed by atoms with E-state index < -0.39 is 0 Å². The first-order valence-corrected chi connectivity index (χ1v) is 5.69. The summed E-state index contributed by atoms with van der Waals surface area (Å²) in [5, 5.41) is 3.36. The van der Waals surface area contributed by atoms with E-state index in [1.165, 1.54) is 11.3 Å². The van der Waals surface area contributed by atoms with Crippen molar-refractivity contribution in [3.8, 4) is 0 Å². The van der Waals surface area contributed by atoms with Crippen molar-refractivity contribution < 1.29 is 0 Å². The second kappa shape index (κ2) is 4.71. The Kier molecular flexibility index (Phi) is 3.32. The minimum atomic E-state index is 0.819. The van der Waals surface area contributed by atoms with Gasteiger partial charge in [-0.2, -0.15) is 12.6 Å². The highest BCUT2D eigenvalue weighted by Gasteiger charge is 2.09. The first-order valence-electron chi connectivity index (χ1n) is 5.05. The first-order chi connectivity index (χ1) is 6.90. The number of nitrogens with zero attached hydrogens (tertiary/aromatic N) is 1. The van der Waals surface area contributed by atoms with E-state index in [4.69, 9.17) is 0 Å². The molecular weight excluding hydrogens is 192 g/mol. The Labute approximate surface area is 90.7 Å². The molecule has 0 amide bonds. The second-order valence-electron chi connectivity index (χ2n) is 3.57. The number of rotatable bonds is 2. The van der Waals surface area contributed by atoms with Crippen LogP contribution in [-0.4, -0.2) is 26.2 Å². The van der Waals surface area contributed by atoms with Crippen molar-refractivity contribution in [2.24, 2.45) is 0 Å². The molecule has 1 fully saturated rings. The number of hydrogen-bond acceptors (Lipinski definition) is 3. The number of thiol groups is 1. The van der Waals surface area contributed by atoms with Gasteiger partial charge in [0.2, 0.25) is 0 Å². The van der Waals surface area contributed by atoms with E-state index in [0.29, 0.717) is 0 Å². The molecule has 1 aromatic rings. The van der Waals surface area contributed by atoms with Crippen LogP contribution < -0.4 is 10.2 Å². The van der Waals surface area contributed by atoms with Crippen LogP contribution in [0.25, 0.3) is 0 Å². The molecule has 0 aromatic heterocycles. The topological polar surface area (TPSA) is 15.3 Å². The van der Waals surface area contributed by atoms with Crippen molar-refractivity contribution >= 4 is 18.3 Å². The maximum absolute atomic E-state index is 4.29. The molecule has 0 radical (unpaired) electrons. The van der Waals surface area contributed by atoms with E-state index >= 15 is 0 Å². The molecule has 0 aliphatic carbocycles. The Hall–Kier alpha value is -0.670. The number of benzene rings is 1. The van der Waals surface area contributed by atoms with Crippen molar-refractivity contribution in [2.75, 3.05) is 31.1 Å². The largest absolute Gasteiger partial charge is 0.369 e. The quantitative estimate of drug-likeness (QED) is 0.717. The minimum absolute atomic E-state index is 0.819. The average molecular weight is 208 g/mol. The van der Waals surface area contributed by atoms with Crippen LogP contribution in [0.5, 0.6) is 0 Å². The standard InChI is InChI=1S/C11H16N2S/c14-9-10-2-1-3-11(8-10)13-6-4-12-5-7-13/h1-3,8,12,14H,4-7,9H2. The van der Waals surface area contributed by atoms with E-state index in [2.05, 4.69) is 47.1 Å². The van der Waals surface area contributed by atoms with E-state index in [1.54, 1.807) is 0 Å². The summed E-state index contributed by atoms with van der Waals surface area (Å²) in [5.41, 5.74) is 2.63. The van der Waals surface area contributed by atoms with Gasteiger partial charge < -0.3 is 10.2 Å². The number of hydrogen-bond donors (Lipinski definition) is 2. The Morgan fingerprint density at radius 1 is 1.29 bits per heavy atom. The molecule has 1 heterocycles. The molecule has 1 saturated heterocycles. The van der Waals surface area contributed by atoms with E-state index in [9.17, 15) is 0 Å². The highest BCUT2D eigenvalue weighted by molar-refractivity contribution is 7.79. The van der Waals surface area contributed by atoms with Gasteiger partial charge in [-0.1, -0.05) is 12.1 Å². The number of piperazine rings is 1. The Morgan fingerprint density at radius 2 is 2.07 bits per heavy atom. The predicted octanol–water partition coefficient (Wildman–Crippen LogP) is 1.53. The fraction of sp³-hybridized carbons (Fsp3) is 0.455. The van der Waals surface area contributed by atoms with Crippen LogP contribution in [0.15, 0.2) is 24.3 Å². The van der Waals surface area contributed by atoms with Crippen molar-refractivity contribution in [3.63, 3.8) is 0 Å². The molecule has 1 aliphatic rings. The highest BCUT2D eigenvalue weighted by Crippen LogP contribution is 2.17. The lowest BCUT2D eigenvalue weighted by Gasteiger charge is -2.29. The normalized spacial score (nSPS) is 17.1. The van der Waals surface area contributed by atoms with Crippen LogP contribution in [-0.2, 0) is 5.75 Å². The molecule has 14 heavy (non-hydrogen) atoms. The smallest absolute Gasteiger partial charge is 0.0370 e. The van der Waals surface area contributed by atoms with Crippen molar-refractivity contribution in [3.05, 3.63) is 29.8 Å². The summed E-state index contributed by atoms with van der Waals surface area (Å²) in [4.78, 5) is 2.42. The van der Waals surface area contributed by atoms with E-state index in [0.717, 1.165) is 31.9 Å². The van der Waals surface area contributed by atoms with Crippen LogP contribution in [0.2, 0.25) is 0 Å². The summed E-state index contributed by atoms with van der Waals surface area (Å²) in [6, 6.07) is 8.65. The molecule has 0 unspecified atom stereocenters. The summed E-state index contributed by atoms with van der Waals surface area (Å²) >= 11 is 4.29. The van der Waals surface area contributed by atoms with Gasteiger partial charge in [-0.15, -0.1) is 0 Å². The van der Waals surface area contributed by atoms with E-state index in [1.807, 2.05) is 0 Å². The van der Waals surface area contributed by atoms with Crippen LogP contribution in [0.4, 0.5) is 5.69 Å². The molecule has 0 saturated carbocycles. The molecule has 1 aromatic carbocycles. The second-order valence-corrected chi connectivity index (χ2v) is 3.88. The summed E-state index contributed by atoms with van der Waals surface area (Å²) in [5.74, 6) is 0.819. The van der Waals surface area contributed by atoms with Gasteiger partial charge in [0.15, 0.2) is 0 Å². The van der Waals surface area contributed by atoms with Gasteiger partial charge in [0, 0.05) is 37.6 Å². The summed E-state index contributed by atoms with van der Waals surface area (Å²) in [6.07, 6.45) is 0. The fourth-order valence-electron chi connectivity index (χ4n) is 1.77. The SMILES string of the molecule is SCc1cccc(N2CCNCC2)c1. The summed E-state index contributed by atoms with van der Waals surface area (Å²) in [6.45, 7) is 4.39. The zero-order valence-corrected chi connectivity index (χ0v) is 9.13. The van der Waals surface area contributed by atoms with Crippen molar-refractivity contribution in [1.29, 1.82) is 0 Å². The molecule has 0 atom stereocenters. The summed E-state index contributed by atoms with van der Waals surface area (Å²) < 4.78 is 0. The van der Waals surface area contributed by atoms with Crippen LogP contribution >= 0.6 is 12.6 Å². The van der Waals surface area contributed by atoms with Crippen LogP contribution in [0.3, 0.4) is 0 Å². The van der Waals surface area contributed by atoms with Gasteiger partial charge in [-0.25, -0.2) is 0 Å². The van der Waals surface area contributed by atoms with Crippen molar-refractivity contribution in [2.45, 2.75) is 5.75 Å². The molecule has 3 heteroatoms. The lowest BCUT2D eigenvalue weighted by molar-refractivity contribution is 0.589. The number of anilines is 1. The zero-order valence-electron chi connectivity index (χ0n) is 8.24. The molecule has 0 spiro atoms. The summed E-state index contributed by atoms with van der Waals surface area (Å²) in [7, 11) is 0. The Morgan fingerprint density at radius 3 is 2.79 bits per heavy atom. The molecule has 1 aliphatic heterocycles. The van der Waals surface area contributed by atoms with Crippen molar-refractivity contribution in [1.82, 2.24) is 5.32 Å². The third-order valence-electron chi connectivity index (χ3n) is 2.58. The molecule has 0 bridgehead atoms. The monoisotopic (exact) mass is 208 g/mol. The lowest BCUT2D eigenvalue weighted by atomic mass is 10.2. The number of nitrogens with one attached hydrogen (secondary N) is 1. The minimum Gasteiger partial charge on any atom is -0.369 e. The maximum Gasteiger partial charge on any atom is 0.0370 e. The Bertz CT molecular complexity index is 295. The third kappa shape index (κ3) is 2.22. The van der Waals surface area contributed by atoms with Crippen LogP contribution in [0, 0.1) is 0 Å². The highest BCUT2D eigenvalue weighted by atomic mass is 32.1. The molecule has 76 valence electrons. The predicted molar refractivity (Wildman–Crippen MR) is 64.2 cm³/mol. The average Bonchev–Trinajstić information content (AvgIpc) is 2.30. The third-order valence-corrected chi connectivity index (χ3v) is 2.94. The molecular formula is C11H16N2S. The first kappa shape index (κ1) is 9.87. The van der Waals surface area contributed by atoms with Gasteiger partial charge in [0.1, 0.15) is 0 Å². The van der Waals surface area contributed by atoms with Gasteiger partial charge >= 0.3 is 0 Å². The fourth-order valence-corrected chi connectivity index (χ4v) is 1.97. The van der Waals surface area contributed by atoms with Gasteiger partial charge in [-0.3, -0.25) is 0 Å². The van der Waals surface area contributed by atoms with E-state index in [-0.39, 0.29) is 0 Å².